The number of hydrogen-bond acceptors (Lipinski definition) is 3. The Labute approximate surface area is 89.7 Å². The predicted molar refractivity (Wildman–Crippen MR) is 55.4 cm³/mol. The van der Waals surface area contributed by atoms with Gasteiger partial charge in [0, 0.05) is 13.1 Å². The highest BCUT2D eigenvalue weighted by Crippen LogP contribution is 2.09. The minimum atomic E-state index is -1.14. The number of carbonyl (C=O) groups is 2. The van der Waals surface area contributed by atoms with Gasteiger partial charge in [-0.05, 0) is 27.7 Å². The molecule has 0 heterocycles. The summed E-state index contributed by atoms with van der Waals surface area (Å²) in [5.74, 6) is -2.67. The lowest BCUT2D eigenvalue weighted by atomic mass is 10.1. The zero-order valence-electron chi connectivity index (χ0n) is 9.65. The number of likely N-dealkylation sites (N-methyl/N-ethyl adjacent to an activating group) is 1. The molecule has 0 aliphatic carbocycles. The fourth-order valence-corrected chi connectivity index (χ4v) is 1.19. The van der Waals surface area contributed by atoms with Crippen LogP contribution in [0.2, 0.25) is 0 Å². The van der Waals surface area contributed by atoms with Gasteiger partial charge in [-0.2, -0.15) is 0 Å². The lowest BCUT2D eigenvalue weighted by Crippen LogP contribution is -2.45. The molecule has 0 aliphatic rings. The number of rotatable bonds is 5. The molecule has 1 atom stereocenters. The smallest absolute Gasteiger partial charge is 0.315 e. The minimum absolute atomic E-state index is 0.139. The predicted octanol–water partition coefficient (Wildman–Crippen LogP) is 0.326. The van der Waals surface area contributed by atoms with E-state index in [9.17, 15) is 14.7 Å². The highest BCUT2D eigenvalue weighted by molar-refractivity contribution is 5.96. The number of aliphatic hydroxyl groups is 1. The van der Waals surface area contributed by atoms with Gasteiger partial charge in [-0.3, -0.25) is 9.59 Å². The first kappa shape index (κ1) is 13.9. The molecule has 0 rings (SSSR count). The van der Waals surface area contributed by atoms with Crippen molar-refractivity contribution in [2.45, 2.75) is 33.3 Å². The van der Waals surface area contributed by atoms with Crippen molar-refractivity contribution in [1.82, 2.24) is 4.90 Å². The van der Waals surface area contributed by atoms with Gasteiger partial charge in [0.15, 0.2) is 0 Å². The van der Waals surface area contributed by atoms with Gasteiger partial charge in [0.2, 0.25) is 5.91 Å². The monoisotopic (exact) mass is 217 g/mol. The van der Waals surface area contributed by atoms with Crippen LogP contribution in [-0.2, 0) is 9.59 Å². The summed E-state index contributed by atoms with van der Waals surface area (Å²) in [4.78, 5) is 23.6. The highest BCUT2D eigenvalue weighted by Gasteiger charge is 2.28. The van der Waals surface area contributed by atoms with Gasteiger partial charge >= 0.3 is 5.97 Å². The van der Waals surface area contributed by atoms with E-state index < -0.39 is 23.4 Å². The van der Waals surface area contributed by atoms with E-state index in [0.29, 0.717) is 6.54 Å². The van der Waals surface area contributed by atoms with Crippen molar-refractivity contribution in [3.8, 4) is 0 Å². The molecule has 0 saturated heterocycles. The standard InChI is InChI=1S/C10H19NO4/c1-5-11(6-10(3,4)15)8(12)7(2)9(13)14/h7,15H,5-6H2,1-4H3,(H,13,14). The highest BCUT2D eigenvalue weighted by atomic mass is 16.4. The summed E-state index contributed by atoms with van der Waals surface area (Å²) in [5, 5.41) is 18.2. The van der Waals surface area contributed by atoms with Crippen LogP contribution in [-0.4, -0.2) is 45.7 Å². The van der Waals surface area contributed by atoms with Gasteiger partial charge in [-0.25, -0.2) is 0 Å². The number of carbonyl (C=O) groups excluding carboxylic acids is 1. The Morgan fingerprint density at radius 3 is 2.13 bits per heavy atom. The van der Waals surface area contributed by atoms with Crippen molar-refractivity contribution in [1.29, 1.82) is 0 Å². The normalized spacial score (nSPS) is 13.4. The van der Waals surface area contributed by atoms with Gasteiger partial charge in [-0.15, -0.1) is 0 Å². The molecule has 2 N–H and O–H groups in total. The quantitative estimate of drug-likeness (QED) is 0.650. The number of amides is 1. The molecule has 0 aliphatic heterocycles. The van der Waals surface area contributed by atoms with Gasteiger partial charge in [0.25, 0.3) is 0 Å². The van der Waals surface area contributed by atoms with Crippen LogP contribution < -0.4 is 0 Å². The fraction of sp³-hybridized carbons (Fsp3) is 0.800. The lowest BCUT2D eigenvalue weighted by molar-refractivity contribution is -0.151. The Bertz CT molecular complexity index is 244. The largest absolute Gasteiger partial charge is 0.481 e. The second-order valence-corrected chi connectivity index (χ2v) is 4.22. The average molecular weight is 217 g/mol. The lowest BCUT2D eigenvalue weighted by Gasteiger charge is -2.29. The molecule has 5 heteroatoms. The summed E-state index contributed by atoms with van der Waals surface area (Å²) in [6.45, 7) is 6.78. The topological polar surface area (TPSA) is 77.8 Å². The number of carboxylic acids is 1. The van der Waals surface area contributed by atoms with E-state index in [2.05, 4.69) is 0 Å². The van der Waals surface area contributed by atoms with E-state index in [1.165, 1.54) is 11.8 Å². The number of hydrogen-bond donors (Lipinski definition) is 2. The van der Waals surface area contributed by atoms with Crippen molar-refractivity contribution in [3.63, 3.8) is 0 Å². The molecule has 0 aromatic heterocycles. The molecule has 0 fully saturated rings. The molecule has 15 heavy (non-hydrogen) atoms. The van der Waals surface area contributed by atoms with Crippen molar-refractivity contribution in [2.75, 3.05) is 13.1 Å². The molecule has 0 aromatic carbocycles. The number of carboxylic acid groups (broad SMARTS) is 1. The molecular formula is C10H19NO4. The molecule has 0 spiro atoms. The molecule has 0 saturated carbocycles. The molecule has 0 bridgehead atoms. The Morgan fingerprint density at radius 2 is 1.87 bits per heavy atom. The van der Waals surface area contributed by atoms with E-state index in [1.807, 2.05) is 0 Å². The summed E-state index contributed by atoms with van der Waals surface area (Å²) in [7, 11) is 0. The summed E-state index contributed by atoms with van der Waals surface area (Å²) >= 11 is 0. The SMILES string of the molecule is CCN(CC(C)(C)O)C(=O)C(C)C(=O)O. The maximum atomic E-state index is 11.6. The van der Waals surface area contributed by atoms with Crippen LogP contribution in [0.4, 0.5) is 0 Å². The van der Waals surface area contributed by atoms with E-state index in [-0.39, 0.29) is 6.54 Å². The van der Waals surface area contributed by atoms with Crippen LogP contribution in [0.1, 0.15) is 27.7 Å². The molecule has 88 valence electrons. The van der Waals surface area contributed by atoms with Crippen LogP contribution in [0.25, 0.3) is 0 Å². The van der Waals surface area contributed by atoms with Crippen LogP contribution >= 0.6 is 0 Å². The molecule has 0 radical (unpaired) electrons. The maximum absolute atomic E-state index is 11.6. The first-order chi connectivity index (χ1) is 6.69. The molecule has 1 amide bonds. The Morgan fingerprint density at radius 1 is 1.40 bits per heavy atom. The van der Waals surface area contributed by atoms with E-state index in [0.717, 1.165) is 0 Å². The summed E-state index contributed by atoms with van der Waals surface area (Å²) in [6, 6.07) is 0. The number of nitrogens with zero attached hydrogens (tertiary/aromatic N) is 1. The summed E-state index contributed by atoms with van der Waals surface area (Å²) < 4.78 is 0. The zero-order valence-corrected chi connectivity index (χ0v) is 9.65. The Hall–Kier alpha value is -1.10. The maximum Gasteiger partial charge on any atom is 0.315 e. The van der Waals surface area contributed by atoms with Gasteiger partial charge in [-0.1, -0.05) is 0 Å². The first-order valence-corrected chi connectivity index (χ1v) is 4.93. The second kappa shape index (κ2) is 5.11. The summed E-state index contributed by atoms with van der Waals surface area (Å²) in [5.41, 5.74) is -1.01. The van der Waals surface area contributed by atoms with Crippen LogP contribution in [0, 0.1) is 5.92 Å². The fourth-order valence-electron chi connectivity index (χ4n) is 1.19. The minimum Gasteiger partial charge on any atom is -0.481 e. The van der Waals surface area contributed by atoms with Gasteiger partial charge in [0.1, 0.15) is 5.92 Å². The third-order valence-corrected chi connectivity index (χ3v) is 2.01. The second-order valence-electron chi connectivity index (χ2n) is 4.22. The van der Waals surface area contributed by atoms with Crippen molar-refractivity contribution >= 4 is 11.9 Å². The molecule has 1 unspecified atom stereocenters. The third kappa shape index (κ3) is 4.78. The van der Waals surface area contributed by atoms with Crippen molar-refractivity contribution in [3.05, 3.63) is 0 Å². The number of aliphatic carboxylic acids is 1. The Kier molecular flexibility index (Phi) is 4.74. The van der Waals surface area contributed by atoms with Crippen molar-refractivity contribution < 1.29 is 19.8 Å². The van der Waals surface area contributed by atoms with Crippen LogP contribution in [0.5, 0.6) is 0 Å². The summed E-state index contributed by atoms with van der Waals surface area (Å²) in [6.07, 6.45) is 0. The molecule has 0 aromatic rings. The van der Waals surface area contributed by atoms with E-state index in [4.69, 9.17) is 5.11 Å². The van der Waals surface area contributed by atoms with E-state index >= 15 is 0 Å². The van der Waals surface area contributed by atoms with Gasteiger partial charge in [0.05, 0.1) is 5.60 Å². The first-order valence-electron chi connectivity index (χ1n) is 4.93. The molecular weight excluding hydrogens is 198 g/mol. The Balaban J connectivity index is 4.55. The third-order valence-electron chi connectivity index (χ3n) is 2.01. The van der Waals surface area contributed by atoms with Gasteiger partial charge < -0.3 is 15.1 Å². The molecule has 5 nitrogen and oxygen atoms in total. The average Bonchev–Trinajstić information content (AvgIpc) is 2.10. The van der Waals surface area contributed by atoms with Crippen LogP contribution in [0.15, 0.2) is 0 Å². The van der Waals surface area contributed by atoms with E-state index in [1.54, 1.807) is 20.8 Å². The van der Waals surface area contributed by atoms with Crippen LogP contribution in [0.3, 0.4) is 0 Å². The van der Waals surface area contributed by atoms with Crippen molar-refractivity contribution in [2.24, 2.45) is 5.92 Å². The zero-order chi connectivity index (χ0) is 12.2.